The second kappa shape index (κ2) is 6.56. The molecule has 0 aromatic heterocycles. The van der Waals surface area contributed by atoms with Gasteiger partial charge in [0.05, 0.1) is 6.04 Å². The lowest BCUT2D eigenvalue weighted by Crippen LogP contribution is -2.51. The normalized spacial score (nSPS) is 23.1. The number of carboxylic acid groups (broad SMARTS) is 1. The van der Waals surface area contributed by atoms with Crippen LogP contribution in [0.1, 0.15) is 25.7 Å². The Labute approximate surface area is 101 Å². The van der Waals surface area contributed by atoms with Crippen molar-refractivity contribution in [2.75, 3.05) is 20.1 Å². The van der Waals surface area contributed by atoms with Gasteiger partial charge < -0.3 is 21.1 Å². The Hall–Kier alpha value is -1.14. The van der Waals surface area contributed by atoms with Crippen LogP contribution < -0.4 is 11.1 Å². The highest BCUT2D eigenvalue weighted by Crippen LogP contribution is 2.08. The molecule has 1 aliphatic rings. The molecule has 1 fully saturated rings. The quantitative estimate of drug-likeness (QED) is 0.598. The molecule has 0 spiro atoms. The molecule has 0 radical (unpaired) electrons. The number of likely N-dealkylation sites (N-methyl/N-ethyl adjacent to an activating group) is 1. The van der Waals surface area contributed by atoms with E-state index in [9.17, 15) is 9.59 Å². The number of amides is 1. The van der Waals surface area contributed by atoms with Gasteiger partial charge in [-0.3, -0.25) is 9.59 Å². The summed E-state index contributed by atoms with van der Waals surface area (Å²) in [5.74, 6) is -1.17. The zero-order chi connectivity index (χ0) is 12.8. The van der Waals surface area contributed by atoms with Crippen molar-refractivity contribution in [1.29, 1.82) is 0 Å². The summed E-state index contributed by atoms with van der Waals surface area (Å²) < 4.78 is 0. The second-order valence-electron chi connectivity index (χ2n) is 4.65. The van der Waals surface area contributed by atoms with E-state index in [1.54, 1.807) is 0 Å². The zero-order valence-electron chi connectivity index (χ0n) is 10.2. The summed E-state index contributed by atoms with van der Waals surface area (Å²) in [4.78, 5) is 24.2. The number of likely N-dealkylation sites (tertiary alicyclic amines) is 1. The van der Waals surface area contributed by atoms with E-state index in [1.165, 1.54) is 0 Å². The molecule has 2 atom stereocenters. The first kappa shape index (κ1) is 13.9. The van der Waals surface area contributed by atoms with Gasteiger partial charge in [-0.15, -0.1) is 0 Å². The molecule has 0 aromatic rings. The van der Waals surface area contributed by atoms with Crippen LogP contribution in [0.5, 0.6) is 0 Å². The summed E-state index contributed by atoms with van der Waals surface area (Å²) >= 11 is 0. The third-order valence-electron chi connectivity index (χ3n) is 2.98. The van der Waals surface area contributed by atoms with E-state index in [4.69, 9.17) is 10.8 Å². The number of hydrogen-bond acceptors (Lipinski definition) is 4. The third kappa shape index (κ3) is 5.14. The van der Waals surface area contributed by atoms with Crippen LogP contribution in [-0.4, -0.2) is 54.1 Å². The van der Waals surface area contributed by atoms with Crippen LogP contribution in [0.25, 0.3) is 0 Å². The molecule has 6 heteroatoms. The van der Waals surface area contributed by atoms with E-state index in [-0.39, 0.29) is 24.8 Å². The molecule has 1 amide bonds. The summed E-state index contributed by atoms with van der Waals surface area (Å²) in [5.41, 5.74) is 5.63. The summed E-state index contributed by atoms with van der Waals surface area (Å²) in [5, 5.41) is 11.4. The lowest BCUT2D eigenvalue weighted by atomic mass is 10.1. The van der Waals surface area contributed by atoms with Gasteiger partial charge >= 0.3 is 5.97 Å². The number of hydrogen-bond donors (Lipinski definition) is 3. The van der Waals surface area contributed by atoms with Crippen molar-refractivity contribution < 1.29 is 14.7 Å². The molecule has 6 nitrogen and oxygen atoms in total. The molecule has 1 saturated heterocycles. The molecule has 98 valence electrons. The minimum atomic E-state index is -0.925. The molecule has 1 rings (SSSR count). The van der Waals surface area contributed by atoms with Gasteiger partial charge in [0.15, 0.2) is 0 Å². The predicted octanol–water partition coefficient (Wildman–Crippen LogP) is -0.611. The molecule has 17 heavy (non-hydrogen) atoms. The Morgan fingerprint density at radius 2 is 2.29 bits per heavy atom. The van der Waals surface area contributed by atoms with Crippen LogP contribution in [0, 0.1) is 0 Å². The molecule has 0 aliphatic carbocycles. The van der Waals surface area contributed by atoms with Crippen LogP contribution in [0.2, 0.25) is 0 Å². The Balaban J connectivity index is 2.29. The highest BCUT2D eigenvalue weighted by atomic mass is 16.4. The van der Waals surface area contributed by atoms with Crippen molar-refractivity contribution in [3.8, 4) is 0 Å². The number of carbonyl (C=O) groups is 2. The molecule has 0 bridgehead atoms. The topological polar surface area (TPSA) is 95.7 Å². The molecule has 2 unspecified atom stereocenters. The van der Waals surface area contributed by atoms with E-state index < -0.39 is 12.0 Å². The van der Waals surface area contributed by atoms with E-state index in [0.717, 1.165) is 25.9 Å². The zero-order valence-corrected chi connectivity index (χ0v) is 10.2. The maximum Gasteiger partial charge on any atom is 0.303 e. The van der Waals surface area contributed by atoms with Crippen molar-refractivity contribution in [2.24, 2.45) is 5.73 Å². The highest BCUT2D eigenvalue weighted by Gasteiger charge is 2.22. The van der Waals surface area contributed by atoms with Crippen molar-refractivity contribution in [1.82, 2.24) is 10.2 Å². The molecule has 4 N–H and O–H groups in total. The molecule has 1 heterocycles. The van der Waals surface area contributed by atoms with Gasteiger partial charge in [0, 0.05) is 19.0 Å². The van der Waals surface area contributed by atoms with E-state index in [2.05, 4.69) is 10.2 Å². The van der Waals surface area contributed by atoms with Gasteiger partial charge in [0.1, 0.15) is 0 Å². The number of rotatable bonds is 5. The highest BCUT2D eigenvalue weighted by molar-refractivity contribution is 5.82. The van der Waals surface area contributed by atoms with Crippen LogP contribution in [-0.2, 0) is 9.59 Å². The largest absolute Gasteiger partial charge is 0.481 e. The van der Waals surface area contributed by atoms with Gasteiger partial charge in [0.25, 0.3) is 0 Å². The van der Waals surface area contributed by atoms with Crippen molar-refractivity contribution >= 4 is 11.9 Å². The van der Waals surface area contributed by atoms with Crippen molar-refractivity contribution in [3.63, 3.8) is 0 Å². The number of nitrogens with two attached hydrogens (primary N) is 1. The van der Waals surface area contributed by atoms with Gasteiger partial charge in [-0.2, -0.15) is 0 Å². The number of piperidine rings is 1. The average Bonchev–Trinajstić information content (AvgIpc) is 2.25. The minimum Gasteiger partial charge on any atom is -0.481 e. The predicted molar refractivity (Wildman–Crippen MR) is 63.5 cm³/mol. The Morgan fingerprint density at radius 1 is 1.59 bits per heavy atom. The Kier molecular flexibility index (Phi) is 5.37. The van der Waals surface area contributed by atoms with E-state index in [0.29, 0.717) is 0 Å². The number of carbonyl (C=O) groups excluding carboxylic acids is 1. The molecular weight excluding hydrogens is 222 g/mol. The standard InChI is InChI=1S/C11H21N3O3/c1-14-6-2-3-8(7-14)13-11(17)9(12)4-5-10(15)16/h8-9H,2-7,12H2,1H3,(H,13,17)(H,15,16). The monoisotopic (exact) mass is 243 g/mol. The fraction of sp³-hybridized carbons (Fsp3) is 0.818. The lowest BCUT2D eigenvalue weighted by molar-refractivity contribution is -0.137. The SMILES string of the molecule is CN1CCCC(NC(=O)C(N)CCC(=O)O)C1. The first-order chi connectivity index (χ1) is 7.99. The third-order valence-corrected chi connectivity index (χ3v) is 2.98. The van der Waals surface area contributed by atoms with Gasteiger partial charge in [0.2, 0.25) is 5.91 Å². The number of nitrogens with zero attached hydrogens (tertiary/aromatic N) is 1. The smallest absolute Gasteiger partial charge is 0.303 e. The van der Waals surface area contributed by atoms with Crippen LogP contribution in [0.3, 0.4) is 0 Å². The first-order valence-corrected chi connectivity index (χ1v) is 5.95. The maximum atomic E-state index is 11.7. The van der Waals surface area contributed by atoms with Gasteiger partial charge in [-0.25, -0.2) is 0 Å². The fourth-order valence-corrected chi connectivity index (χ4v) is 2.00. The fourth-order valence-electron chi connectivity index (χ4n) is 2.00. The van der Waals surface area contributed by atoms with Crippen LogP contribution in [0.15, 0.2) is 0 Å². The molecular formula is C11H21N3O3. The maximum absolute atomic E-state index is 11.7. The summed E-state index contributed by atoms with van der Waals surface area (Å²) in [7, 11) is 2.02. The Bertz CT molecular complexity index is 283. The van der Waals surface area contributed by atoms with Crippen molar-refractivity contribution in [2.45, 2.75) is 37.8 Å². The summed E-state index contributed by atoms with van der Waals surface area (Å²) in [6, 6.07) is -0.588. The van der Waals surface area contributed by atoms with Crippen LogP contribution >= 0.6 is 0 Å². The summed E-state index contributed by atoms with van der Waals surface area (Å²) in [6.45, 7) is 1.88. The minimum absolute atomic E-state index is 0.0703. The number of aliphatic carboxylic acids is 1. The van der Waals surface area contributed by atoms with Crippen LogP contribution in [0.4, 0.5) is 0 Å². The Morgan fingerprint density at radius 3 is 2.88 bits per heavy atom. The number of nitrogens with one attached hydrogen (secondary N) is 1. The lowest BCUT2D eigenvalue weighted by Gasteiger charge is -2.30. The first-order valence-electron chi connectivity index (χ1n) is 5.95. The van der Waals surface area contributed by atoms with Gasteiger partial charge in [-0.1, -0.05) is 0 Å². The van der Waals surface area contributed by atoms with Gasteiger partial charge in [-0.05, 0) is 32.9 Å². The average molecular weight is 243 g/mol. The number of carboxylic acids is 1. The van der Waals surface area contributed by atoms with E-state index in [1.807, 2.05) is 7.05 Å². The second-order valence-corrected chi connectivity index (χ2v) is 4.65. The molecule has 0 saturated carbocycles. The molecule has 1 aliphatic heterocycles. The summed E-state index contributed by atoms with van der Waals surface area (Å²) in [6.07, 6.45) is 2.14. The molecule has 0 aromatic carbocycles. The van der Waals surface area contributed by atoms with E-state index >= 15 is 0 Å². The van der Waals surface area contributed by atoms with Crippen molar-refractivity contribution in [3.05, 3.63) is 0 Å².